The van der Waals surface area contributed by atoms with Gasteiger partial charge in [0.15, 0.2) is 0 Å². The summed E-state index contributed by atoms with van der Waals surface area (Å²) in [6, 6.07) is 10.8. The number of hydrogen-bond acceptors (Lipinski definition) is 5. The number of rotatable bonds is 4. The van der Waals surface area contributed by atoms with Gasteiger partial charge in [-0.2, -0.15) is 0 Å². The van der Waals surface area contributed by atoms with Gasteiger partial charge in [0.05, 0.1) is 22.0 Å². The maximum Gasteiger partial charge on any atom is 0.290 e. The Bertz CT molecular complexity index is 810. The van der Waals surface area contributed by atoms with Gasteiger partial charge in [0.25, 0.3) is 5.69 Å². The Labute approximate surface area is 126 Å². The lowest BCUT2D eigenvalue weighted by molar-refractivity contribution is -0.385. The average Bonchev–Trinajstić information content (AvgIpc) is 2.91. The molecule has 2 aromatic heterocycles. The number of pyridine rings is 1. The first-order valence-electron chi connectivity index (χ1n) is 6.88. The van der Waals surface area contributed by atoms with Gasteiger partial charge in [-0.25, -0.2) is 9.97 Å². The molecule has 0 saturated carbocycles. The first kappa shape index (κ1) is 14.0. The maximum absolute atomic E-state index is 10.8. The first-order chi connectivity index (χ1) is 10.5. The number of benzene rings is 1. The molecule has 0 spiro atoms. The van der Waals surface area contributed by atoms with E-state index in [-0.39, 0.29) is 11.7 Å². The SMILES string of the molecule is Cc1nc(NC(C)c2nc3ccccc3[nH]2)ccc1[N+](=O)[O-]. The minimum atomic E-state index is -0.436. The van der Waals surface area contributed by atoms with Crippen LogP contribution in [0.3, 0.4) is 0 Å². The molecule has 0 saturated heterocycles. The summed E-state index contributed by atoms with van der Waals surface area (Å²) in [4.78, 5) is 22.4. The molecule has 0 amide bonds. The topological polar surface area (TPSA) is 96.7 Å². The van der Waals surface area contributed by atoms with Crippen molar-refractivity contribution >= 4 is 22.5 Å². The van der Waals surface area contributed by atoms with Crippen LogP contribution in [0.1, 0.15) is 24.5 Å². The largest absolute Gasteiger partial charge is 0.360 e. The summed E-state index contributed by atoms with van der Waals surface area (Å²) in [6.45, 7) is 3.57. The number of para-hydroxylation sites is 2. The third-order valence-electron chi connectivity index (χ3n) is 3.44. The fourth-order valence-corrected chi connectivity index (χ4v) is 2.29. The number of hydrogen-bond donors (Lipinski definition) is 2. The Hall–Kier alpha value is -2.96. The molecule has 0 aliphatic heterocycles. The monoisotopic (exact) mass is 297 g/mol. The molecule has 22 heavy (non-hydrogen) atoms. The van der Waals surface area contributed by atoms with Crippen LogP contribution in [-0.4, -0.2) is 19.9 Å². The van der Waals surface area contributed by atoms with E-state index in [0.29, 0.717) is 11.5 Å². The summed E-state index contributed by atoms with van der Waals surface area (Å²) in [5.41, 5.74) is 2.27. The van der Waals surface area contributed by atoms with Crippen molar-refractivity contribution in [3.8, 4) is 0 Å². The van der Waals surface area contributed by atoms with Gasteiger partial charge < -0.3 is 10.3 Å². The van der Waals surface area contributed by atoms with Crippen molar-refractivity contribution in [2.75, 3.05) is 5.32 Å². The summed E-state index contributed by atoms with van der Waals surface area (Å²) >= 11 is 0. The highest BCUT2D eigenvalue weighted by atomic mass is 16.6. The van der Waals surface area contributed by atoms with Crippen LogP contribution in [0.2, 0.25) is 0 Å². The number of fused-ring (bicyclic) bond motifs is 1. The molecule has 3 rings (SSSR count). The van der Waals surface area contributed by atoms with E-state index in [0.717, 1.165) is 16.9 Å². The van der Waals surface area contributed by atoms with Crippen molar-refractivity contribution in [3.05, 3.63) is 58.0 Å². The van der Waals surface area contributed by atoms with Crippen LogP contribution in [0, 0.1) is 17.0 Å². The number of aromatic amines is 1. The van der Waals surface area contributed by atoms with Gasteiger partial charge in [0.2, 0.25) is 0 Å². The third-order valence-corrected chi connectivity index (χ3v) is 3.44. The molecular formula is C15H15N5O2. The van der Waals surface area contributed by atoms with Gasteiger partial charge in [-0.15, -0.1) is 0 Å². The summed E-state index contributed by atoms with van der Waals surface area (Å²) in [5, 5.41) is 14.0. The van der Waals surface area contributed by atoms with Gasteiger partial charge >= 0.3 is 0 Å². The van der Waals surface area contributed by atoms with Crippen molar-refractivity contribution in [1.29, 1.82) is 0 Å². The van der Waals surface area contributed by atoms with E-state index in [1.807, 2.05) is 31.2 Å². The van der Waals surface area contributed by atoms with Crippen molar-refractivity contribution in [3.63, 3.8) is 0 Å². The zero-order valence-corrected chi connectivity index (χ0v) is 12.2. The molecular weight excluding hydrogens is 282 g/mol. The smallest absolute Gasteiger partial charge is 0.290 e. The minimum Gasteiger partial charge on any atom is -0.360 e. The van der Waals surface area contributed by atoms with E-state index in [2.05, 4.69) is 20.3 Å². The van der Waals surface area contributed by atoms with E-state index in [4.69, 9.17) is 0 Å². The van der Waals surface area contributed by atoms with E-state index in [1.54, 1.807) is 13.0 Å². The van der Waals surface area contributed by atoms with Crippen LogP contribution >= 0.6 is 0 Å². The van der Waals surface area contributed by atoms with Gasteiger partial charge in [-0.1, -0.05) is 12.1 Å². The Morgan fingerprint density at radius 3 is 2.68 bits per heavy atom. The first-order valence-corrected chi connectivity index (χ1v) is 6.88. The highest BCUT2D eigenvalue weighted by Gasteiger charge is 2.15. The molecule has 0 fully saturated rings. The van der Waals surface area contributed by atoms with Gasteiger partial charge in [-0.05, 0) is 32.0 Å². The molecule has 7 heteroatoms. The predicted molar refractivity (Wildman–Crippen MR) is 83.8 cm³/mol. The summed E-state index contributed by atoms with van der Waals surface area (Å²) < 4.78 is 0. The Kier molecular flexibility index (Phi) is 3.46. The summed E-state index contributed by atoms with van der Waals surface area (Å²) in [5.74, 6) is 1.37. The van der Waals surface area contributed by atoms with Gasteiger partial charge in [0, 0.05) is 6.07 Å². The molecule has 112 valence electrons. The molecule has 2 N–H and O–H groups in total. The molecule has 3 aromatic rings. The molecule has 0 radical (unpaired) electrons. The number of H-pyrrole nitrogens is 1. The fraction of sp³-hybridized carbons (Fsp3) is 0.200. The number of aromatic nitrogens is 3. The Morgan fingerprint density at radius 1 is 1.23 bits per heavy atom. The molecule has 0 bridgehead atoms. The standard InChI is InChI=1S/C15H15N5O2/c1-9-13(20(21)22)7-8-14(16-9)17-10(2)15-18-11-5-3-4-6-12(11)19-15/h3-8,10H,1-2H3,(H,16,17)(H,18,19). The Balaban J connectivity index is 1.83. The number of aryl methyl sites for hydroxylation is 1. The van der Waals surface area contributed by atoms with Crippen LogP contribution in [0.4, 0.5) is 11.5 Å². The zero-order chi connectivity index (χ0) is 15.7. The molecule has 0 aliphatic rings. The zero-order valence-electron chi connectivity index (χ0n) is 12.2. The van der Waals surface area contributed by atoms with E-state index in [9.17, 15) is 10.1 Å². The van der Waals surface area contributed by atoms with E-state index >= 15 is 0 Å². The molecule has 1 atom stereocenters. The molecule has 2 heterocycles. The molecule has 1 aromatic carbocycles. The predicted octanol–water partition coefficient (Wildman–Crippen LogP) is 3.35. The quantitative estimate of drug-likeness (QED) is 0.568. The van der Waals surface area contributed by atoms with Crippen molar-refractivity contribution in [1.82, 2.24) is 15.0 Å². The van der Waals surface area contributed by atoms with Crippen LogP contribution in [-0.2, 0) is 0 Å². The molecule has 0 aliphatic carbocycles. The number of nitrogens with zero attached hydrogens (tertiary/aromatic N) is 3. The normalized spacial score (nSPS) is 12.3. The number of nitro groups is 1. The second-order valence-electron chi connectivity index (χ2n) is 5.06. The molecule has 7 nitrogen and oxygen atoms in total. The van der Waals surface area contributed by atoms with Crippen molar-refractivity contribution in [2.24, 2.45) is 0 Å². The number of imidazole rings is 1. The van der Waals surface area contributed by atoms with Crippen molar-refractivity contribution < 1.29 is 4.92 Å². The summed E-state index contributed by atoms with van der Waals surface area (Å²) in [7, 11) is 0. The number of nitrogens with one attached hydrogen (secondary N) is 2. The lowest BCUT2D eigenvalue weighted by atomic mass is 10.3. The van der Waals surface area contributed by atoms with Crippen LogP contribution < -0.4 is 5.32 Å². The highest BCUT2D eigenvalue weighted by molar-refractivity contribution is 5.74. The summed E-state index contributed by atoms with van der Waals surface area (Å²) in [6.07, 6.45) is 0. The number of anilines is 1. The second-order valence-corrected chi connectivity index (χ2v) is 5.06. The van der Waals surface area contributed by atoms with Gasteiger partial charge in [-0.3, -0.25) is 10.1 Å². The van der Waals surface area contributed by atoms with E-state index < -0.39 is 4.92 Å². The third kappa shape index (κ3) is 2.60. The lowest BCUT2D eigenvalue weighted by Crippen LogP contribution is -2.10. The minimum absolute atomic E-state index is 0.0157. The van der Waals surface area contributed by atoms with Crippen molar-refractivity contribution in [2.45, 2.75) is 19.9 Å². The lowest BCUT2D eigenvalue weighted by Gasteiger charge is -2.12. The average molecular weight is 297 g/mol. The molecule has 1 unspecified atom stereocenters. The fourth-order valence-electron chi connectivity index (χ4n) is 2.29. The second kappa shape index (κ2) is 5.44. The Morgan fingerprint density at radius 2 is 2.00 bits per heavy atom. The van der Waals surface area contributed by atoms with Crippen LogP contribution in [0.5, 0.6) is 0 Å². The van der Waals surface area contributed by atoms with Crippen LogP contribution in [0.15, 0.2) is 36.4 Å². The van der Waals surface area contributed by atoms with Crippen LogP contribution in [0.25, 0.3) is 11.0 Å². The highest BCUT2D eigenvalue weighted by Crippen LogP contribution is 2.22. The van der Waals surface area contributed by atoms with E-state index in [1.165, 1.54) is 6.07 Å². The maximum atomic E-state index is 10.8. The van der Waals surface area contributed by atoms with Gasteiger partial charge in [0.1, 0.15) is 17.3 Å².